The minimum absolute atomic E-state index is 0.264. The van der Waals surface area contributed by atoms with Crippen LogP contribution in [0.5, 0.6) is 0 Å². The first-order valence-corrected chi connectivity index (χ1v) is 4.59. The fraction of sp³-hybridized carbons (Fsp3) is 0.333. The summed E-state index contributed by atoms with van der Waals surface area (Å²) in [5.74, 6) is 0.976. The molecule has 2 N–H and O–H groups in total. The summed E-state index contributed by atoms with van der Waals surface area (Å²) < 4.78 is 1.19. The van der Waals surface area contributed by atoms with Gasteiger partial charge in [-0.05, 0) is 6.92 Å². The van der Waals surface area contributed by atoms with E-state index in [2.05, 4.69) is 15.3 Å². The standard InChI is InChI=1S/C6H7N5OS/c1-3-5(12)11-6(9-8-3)13-2-4(7)10-11/h2H2,1H3,(H2,7,10). The fourth-order valence-corrected chi connectivity index (χ4v) is 1.60. The van der Waals surface area contributed by atoms with Crippen molar-refractivity contribution in [3.8, 4) is 0 Å². The number of hydrogen-bond acceptors (Lipinski definition) is 6. The molecule has 0 saturated heterocycles. The Morgan fingerprint density at radius 2 is 2.31 bits per heavy atom. The number of hydrogen-bond donors (Lipinski definition) is 1. The van der Waals surface area contributed by atoms with E-state index in [-0.39, 0.29) is 5.56 Å². The first kappa shape index (κ1) is 8.24. The Morgan fingerprint density at radius 3 is 3.08 bits per heavy atom. The van der Waals surface area contributed by atoms with Crippen molar-refractivity contribution in [1.29, 1.82) is 0 Å². The molecule has 0 radical (unpaired) electrons. The molecule has 1 aliphatic rings. The van der Waals surface area contributed by atoms with Crippen LogP contribution in [0.1, 0.15) is 5.69 Å². The third-order valence-electron chi connectivity index (χ3n) is 1.55. The molecule has 1 aromatic heterocycles. The molecule has 2 heterocycles. The number of nitrogens with two attached hydrogens (primary N) is 1. The van der Waals surface area contributed by atoms with Gasteiger partial charge in [0.15, 0.2) is 0 Å². The maximum Gasteiger partial charge on any atom is 0.296 e. The zero-order chi connectivity index (χ0) is 9.42. The van der Waals surface area contributed by atoms with Gasteiger partial charge in [-0.25, -0.2) is 0 Å². The SMILES string of the molecule is Cc1nnc2n(c1=O)N=C(N)CS2. The van der Waals surface area contributed by atoms with Crippen molar-refractivity contribution in [3.05, 3.63) is 16.0 Å². The molecule has 0 amide bonds. The van der Waals surface area contributed by atoms with Crippen LogP contribution in [0, 0.1) is 6.92 Å². The smallest absolute Gasteiger partial charge is 0.296 e. The van der Waals surface area contributed by atoms with Crippen molar-refractivity contribution in [2.45, 2.75) is 12.1 Å². The van der Waals surface area contributed by atoms with Crippen molar-refractivity contribution < 1.29 is 0 Å². The van der Waals surface area contributed by atoms with Gasteiger partial charge in [-0.2, -0.15) is 4.68 Å². The first-order chi connectivity index (χ1) is 6.18. The van der Waals surface area contributed by atoms with E-state index in [1.807, 2.05) is 0 Å². The molecule has 6 nitrogen and oxygen atoms in total. The topological polar surface area (TPSA) is 86.2 Å². The van der Waals surface area contributed by atoms with E-state index in [0.717, 1.165) is 0 Å². The summed E-state index contributed by atoms with van der Waals surface area (Å²) >= 11 is 1.35. The molecule has 0 spiro atoms. The summed E-state index contributed by atoms with van der Waals surface area (Å²) in [6.45, 7) is 1.59. The molecule has 68 valence electrons. The number of fused-ring (bicyclic) bond motifs is 1. The van der Waals surface area contributed by atoms with Gasteiger partial charge >= 0.3 is 0 Å². The van der Waals surface area contributed by atoms with Crippen LogP contribution in [-0.2, 0) is 0 Å². The summed E-state index contributed by atoms with van der Waals surface area (Å²) in [6, 6.07) is 0. The van der Waals surface area contributed by atoms with Gasteiger partial charge in [0.1, 0.15) is 11.5 Å². The van der Waals surface area contributed by atoms with E-state index in [0.29, 0.717) is 22.4 Å². The van der Waals surface area contributed by atoms with E-state index in [9.17, 15) is 4.79 Å². The Morgan fingerprint density at radius 1 is 1.54 bits per heavy atom. The Labute approximate surface area is 77.8 Å². The zero-order valence-electron chi connectivity index (χ0n) is 6.89. The van der Waals surface area contributed by atoms with Gasteiger partial charge in [0.25, 0.3) is 5.56 Å². The van der Waals surface area contributed by atoms with Crippen LogP contribution in [0.2, 0.25) is 0 Å². The minimum atomic E-state index is -0.264. The Hall–Kier alpha value is -1.37. The van der Waals surface area contributed by atoms with Crippen LogP contribution < -0.4 is 11.3 Å². The predicted octanol–water partition coefficient (Wildman–Crippen LogP) is -0.827. The second-order valence-electron chi connectivity index (χ2n) is 2.56. The molecule has 0 aromatic carbocycles. The monoisotopic (exact) mass is 197 g/mol. The van der Waals surface area contributed by atoms with Crippen LogP contribution in [0.3, 0.4) is 0 Å². The highest BCUT2D eigenvalue weighted by Crippen LogP contribution is 2.15. The fourth-order valence-electron chi connectivity index (χ4n) is 0.917. The molecular formula is C6H7N5OS. The summed E-state index contributed by atoms with van der Waals surface area (Å²) in [7, 11) is 0. The second kappa shape index (κ2) is 2.84. The normalized spacial score (nSPS) is 15.0. The minimum Gasteiger partial charge on any atom is -0.385 e. The van der Waals surface area contributed by atoms with E-state index < -0.39 is 0 Å². The molecule has 0 saturated carbocycles. The number of amidine groups is 1. The highest BCUT2D eigenvalue weighted by Gasteiger charge is 2.14. The lowest BCUT2D eigenvalue weighted by molar-refractivity contribution is 0.627. The number of rotatable bonds is 0. The van der Waals surface area contributed by atoms with Crippen LogP contribution in [0.25, 0.3) is 0 Å². The predicted molar refractivity (Wildman–Crippen MR) is 48.8 cm³/mol. The maximum absolute atomic E-state index is 11.4. The average molecular weight is 197 g/mol. The molecule has 0 atom stereocenters. The summed E-state index contributed by atoms with van der Waals surface area (Å²) in [4.78, 5) is 11.4. The molecule has 0 fully saturated rings. The lowest BCUT2D eigenvalue weighted by atomic mass is 10.5. The van der Waals surface area contributed by atoms with Gasteiger partial charge in [-0.3, -0.25) is 4.79 Å². The lowest BCUT2D eigenvalue weighted by Gasteiger charge is -2.11. The van der Waals surface area contributed by atoms with Crippen LogP contribution in [-0.4, -0.2) is 26.5 Å². The molecule has 0 aliphatic carbocycles. The second-order valence-corrected chi connectivity index (χ2v) is 3.51. The Kier molecular flexibility index (Phi) is 1.80. The molecule has 7 heteroatoms. The summed E-state index contributed by atoms with van der Waals surface area (Å²) in [5.41, 5.74) is 5.55. The largest absolute Gasteiger partial charge is 0.385 e. The summed E-state index contributed by atoms with van der Waals surface area (Å²) in [5, 5.41) is 11.9. The van der Waals surface area contributed by atoms with Gasteiger partial charge in [-0.1, -0.05) is 11.8 Å². The number of aromatic nitrogens is 3. The quantitative estimate of drug-likeness (QED) is 0.586. The zero-order valence-corrected chi connectivity index (χ0v) is 7.71. The molecular weight excluding hydrogens is 190 g/mol. The Bertz CT molecular complexity index is 437. The average Bonchev–Trinajstić information content (AvgIpc) is 2.12. The molecule has 1 aliphatic heterocycles. The number of thioether (sulfide) groups is 1. The molecule has 0 unspecified atom stereocenters. The van der Waals surface area contributed by atoms with Crippen molar-refractivity contribution in [2.24, 2.45) is 10.8 Å². The van der Waals surface area contributed by atoms with E-state index >= 15 is 0 Å². The van der Waals surface area contributed by atoms with Crippen LogP contribution in [0.15, 0.2) is 15.1 Å². The van der Waals surface area contributed by atoms with E-state index in [1.165, 1.54) is 16.4 Å². The first-order valence-electron chi connectivity index (χ1n) is 3.61. The molecule has 1 aromatic rings. The highest BCUT2D eigenvalue weighted by atomic mass is 32.2. The number of aryl methyl sites for hydroxylation is 1. The van der Waals surface area contributed by atoms with Gasteiger partial charge in [0, 0.05) is 0 Å². The van der Waals surface area contributed by atoms with Crippen molar-refractivity contribution in [2.75, 3.05) is 5.75 Å². The van der Waals surface area contributed by atoms with Crippen molar-refractivity contribution in [3.63, 3.8) is 0 Å². The van der Waals surface area contributed by atoms with Crippen molar-refractivity contribution in [1.82, 2.24) is 14.9 Å². The van der Waals surface area contributed by atoms with Crippen LogP contribution in [0.4, 0.5) is 0 Å². The number of nitrogens with zero attached hydrogens (tertiary/aromatic N) is 4. The lowest BCUT2D eigenvalue weighted by Crippen LogP contribution is -2.30. The maximum atomic E-state index is 11.4. The van der Waals surface area contributed by atoms with Gasteiger partial charge < -0.3 is 5.73 Å². The van der Waals surface area contributed by atoms with E-state index in [1.54, 1.807) is 6.92 Å². The third-order valence-corrected chi connectivity index (χ3v) is 2.50. The third kappa shape index (κ3) is 1.31. The Balaban J connectivity index is 2.70. The van der Waals surface area contributed by atoms with Gasteiger partial charge in [0.2, 0.25) is 5.16 Å². The van der Waals surface area contributed by atoms with Crippen LogP contribution >= 0.6 is 11.8 Å². The van der Waals surface area contributed by atoms with Gasteiger partial charge in [-0.15, -0.1) is 15.3 Å². The van der Waals surface area contributed by atoms with Gasteiger partial charge in [0.05, 0.1) is 5.75 Å². The molecule has 2 rings (SSSR count). The van der Waals surface area contributed by atoms with Crippen molar-refractivity contribution >= 4 is 17.6 Å². The molecule has 0 bridgehead atoms. The van der Waals surface area contributed by atoms with E-state index in [4.69, 9.17) is 5.73 Å². The highest BCUT2D eigenvalue weighted by molar-refractivity contribution is 7.99. The molecule has 13 heavy (non-hydrogen) atoms. The summed E-state index contributed by atoms with van der Waals surface area (Å²) in [6.07, 6.45) is 0.